The summed E-state index contributed by atoms with van der Waals surface area (Å²) in [4.78, 5) is 16.9. The van der Waals surface area contributed by atoms with Gasteiger partial charge in [0.05, 0.1) is 26.1 Å². The van der Waals surface area contributed by atoms with Gasteiger partial charge in [-0.2, -0.15) is 5.10 Å². The Hall–Kier alpha value is -3.07. The van der Waals surface area contributed by atoms with Crippen LogP contribution in [-0.4, -0.2) is 38.3 Å². The fourth-order valence-corrected chi connectivity index (χ4v) is 3.15. The molecule has 1 N–H and O–H groups in total. The van der Waals surface area contributed by atoms with Gasteiger partial charge in [0.2, 0.25) is 5.88 Å². The van der Waals surface area contributed by atoms with Crippen molar-refractivity contribution in [3.8, 4) is 11.6 Å². The molecule has 0 aliphatic heterocycles. The van der Waals surface area contributed by atoms with E-state index in [4.69, 9.17) is 21.1 Å². The number of hydrogen-bond donors (Lipinski definition) is 1. The lowest BCUT2D eigenvalue weighted by atomic mass is 9.93. The zero-order valence-electron chi connectivity index (χ0n) is 18.3. The zero-order chi connectivity index (χ0) is 22.5. The van der Waals surface area contributed by atoms with Crippen LogP contribution < -0.4 is 20.3 Å². The van der Waals surface area contributed by atoms with Crippen LogP contribution in [0.4, 0.5) is 5.69 Å². The minimum Gasteiger partial charge on any atom is -0.495 e. The van der Waals surface area contributed by atoms with Gasteiger partial charge in [-0.05, 0) is 18.1 Å². The summed E-state index contributed by atoms with van der Waals surface area (Å²) >= 11 is 6.19. The highest BCUT2D eigenvalue weighted by molar-refractivity contribution is 6.30. The first kappa shape index (κ1) is 22.6. The van der Waals surface area contributed by atoms with E-state index in [0.29, 0.717) is 29.9 Å². The molecule has 0 fully saturated rings. The predicted molar refractivity (Wildman–Crippen MR) is 119 cm³/mol. The highest BCUT2D eigenvalue weighted by Gasteiger charge is 2.18. The van der Waals surface area contributed by atoms with Gasteiger partial charge < -0.3 is 14.8 Å². The van der Waals surface area contributed by atoms with Gasteiger partial charge in [-0.25, -0.2) is 4.68 Å². The van der Waals surface area contributed by atoms with E-state index in [1.54, 1.807) is 44.3 Å². The fourth-order valence-electron chi connectivity index (χ4n) is 2.99. The largest absolute Gasteiger partial charge is 0.495 e. The first-order chi connectivity index (χ1) is 14.8. The number of methoxy groups -OCH3 is 1. The molecule has 166 valence electrons. The summed E-state index contributed by atoms with van der Waals surface area (Å²) in [6, 6.07) is 5.46. The Morgan fingerprint density at radius 1 is 1.19 bits per heavy atom. The van der Waals surface area contributed by atoms with Crippen molar-refractivity contribution >= 4 is 17.3 Å². The van der Waals surface area contributed by atoms with Crippen LogP contribution in [0, 0.1) is 5.92 Å². The first-order valence-corrected chi connectivity index (χ1v) is 10.3. The molecule has 0 amide bonds. The summed E-state index contributed by atoms with van der Waals surface area (Å²) in [5, 5.41) is 11.9. The van der Waals surface area contributed by atoms with Crippen LogP contribution in [0.3, 0.4) is 0 Å². The van der Waals surface area contributed by atoms with Gasteiger partial charge in [0.15, 0.2) is 0 Å². The number of aromatic nitrogens is 5. The normalized spacial score (nSPS) is 13.0. The van der Waals surface area contributed by atoms with Gasteiger partial charge in [0.25, 0.3) is 5.56 Å². The van der Waals surface area contributed by atoms with Crippen LogP contribution >= 0.6 is 11.6 Å². The third-order valence-electron chi connectivity index (χ3n) is 5.25. The maximum absolute atomic E-state index is 12.4. The van der Waals surface area contributed by atoms with Crippen LogP contribution in [0.1, 0.15) is 31.0 Å². The molecule has 0 spiro atoms. The molecule has 31 heavy (non-hydrogen) atoms. The molecule has 2 atom stereocenters. The van der Waals surface area contributed by atoms with Gasteiger partial charge in [-0.15, -0.1) is 5.10 Å². The average molecular weight is 447 g/mol. The summed E-state index contributed by atoms with van der Waals surface area (Å²) in [7, 11) is 4.96. The summed E-state index contributed by atoms with van der Waals surface area (Å²) < 4.78 is 13.9. The summed E-state index contributed by atoms with van der Waals surface area (Å²) in [5.74, 6) is 1.43. The van der Waals surface area contributed by atoms with Crippen molar-refractivity contribution in [2.45, 2.75) is 26.3 Å². The maximum Gasteiger partial charge on any atom is 0.290 e. The Morgan fingerprint density at radius 2 is 1.97 bits per heavy atom. The molecule has 0 aromatic carbocycles. The molecule has 0 bridgehead atoms. The first-order valence-electron chi connectivity index (χ1n) is 9.91. The van der Waals surface area contributed by atoms with E-state index in [0.717, 1.165) is 17.0 Å². The van der Waals surface area contributed by atoms with Crippen LogP contribution in [0.2, 0.25) is 5.15 Å². The highest BCUT2D eigenvalue weighted by Crippen LogP contribution is 2.25. The quantitative estimate of drug-likeness (QED) is 0.539. The number of nitrogens with one attached hydrogen (secondary N) is 1. The molecule has 0 radical (unpaired) electrons. The minimum atomic E-state index is -0.254. The molecular weight excluding hydrogens is 420 g/mol. The zero-order valence-corrected chi connectivity index (χ0v) is 19.1. The van der Waals surface area contributed by atoms with E-state index in [1.165, 1.54) is 4.68 Å². The van der Waals surface area contributed by atoms with E-state index in [9.17, 15) is 4.79 Å². The molecule has 3 heterocycles. The van der Waals surface area contributed by atoms with Crippen molar-refractivity contribution in [3.05, 3.63) is 57.4 Å². The van der Waals surface area contributed by atoms with Crippen molar-refractivity contribution in [2.75, 3.05) is 19.0 Å². The molecule has 3 aromatic heterocycles. The number of anilines is 1. The van der Waals surface area contributed by atoms with Crippen molar-refractivity contribution in [1.29, 1.82) is 0 Å². The Morgan fingerprint density at radius 3 is 2.58 bits per heavy atom. The lowest BCUT2D eigenvalue weighted by molar-refractivity contribution is 0.228. The topological polar surface area (TPSA) is 96.1 Å². The van der Waals surface area contributed by atoms with E-state index in [2.05, 4.69) is 34.3 Å². The maximum atomic E-state index is 12.4. The third kappa shape index (κ3) is 5.35. The lowest BCUT2D eigenvalue weighted by Crippen LogP contribution is -2.24. The lowest BCUT2D eigenvalue weighted by Gasteiger charge is -2.20. The van der Waals surface area contributed by atoms with Gasteiger partial charge >= 0.3 is 0 Å². The van der Waals surface area contributed by atoms with Gasteiger partial charge in [0, 0.05) is 43.9 Å². The smallest absolute Gasteiger partial charge is 0.290 e. The van der Waals surface area contributed by atoms with Crippen molar-refractivity contribution < 1.29 is 9.47 Å². The van der Waals surface area contributed by atoms with Crippen molar-refractivity contribution in [3.63, 3.8) is 0 Å². The molecule has 0 aliphatic rings. The molecule has 3 aromatic rings. The van der Waals surface area contributed by atoms with Gasteiger partial charge in [-0.3, -0.25) is 14.5 Å². The molecule has 3 rings (SSSR count). The second kappa shape index (κ2) is 9.82. The summed E-state index contributed by atoms with van der Waals surface area (Å²) in [5.41, 5.74) is 1.88. The monoisotopic (exact) mass is 446 g/mol. The molecule has 10 heteroatoms. The molecule has 0 saturated heterocycles. The Balaban J connectivity index is 1.65. The highest BCUT2D eigenvalue weighted by atomic mass is 35.5. The molecular formula is C21H27ClN6O3. The second-order valence-electron chi connectivity index (χ2n) is 7.46. The minimum absolute atomic E-state index is 0.170. The van der Waals surface area contributed by atoms with Crippen LogP contribution in [0.15, 0.2) is 35.4 Å². The van der Waals surface area contributed by atoms with E-state index < -0.39 is 0 Å². The second-order valence-corrected chi connectivity index (χ2v) is 7.82. The Labute approximate surface area is 186 Å². The number of aryl methyl sites for hydroxylation is 2. The van der Waals surface area contributed by atoms with Crippen LogP contribution in [0.5, 0.6) is 11.6 Å². The number of pyridine rings is 1. The van der Waals surface area contributed by atoms with E-state index >= 15 is 0 Å². The summed E-state index contributed by atoms with van der Waals surface area (Å²) in [6.45, 7) is 4.97. The molecule has 0 saturated carbocycles. The number of rotatable bonds is 9. The standard InChI is InChI=1S/C21H27ClN6O3/c1-13(14(2)17-7-6-16(30-5)11-24-17)12-31-19-8-18(21(29)28(4)26-19)23-9-15-10-25-27(3)20(15)22/h6-8,10-11,13-14,23H,9,12H2,1-5H3/t13?,14-/m0/s1. The SMILES string of the molecule is COc1ccc([C@@H](C)C(C)COc2cc(NCc3cnn(C)c3Cl)c(=O)n(C)n2)nc1. The van der Waals surface area contributed by atoms with Gasteiger partial charge in [-0.1, -0.05) is 25.4 Å². The third-order valence-corrected chi connectivity index (χ3v) is 5.74. The number of halogens is 1. The molecule has 1 unspecified atom stereocenters. The molecule has 9 nitrogen and oxygen atoms in total. The number of ether oxygens (including phenoxy) is 2. The number of nitrogens with zero attached hydrogens (tertiary/aromatic N) is 5. The van der Waals surface area contributed by atoms with Crippen LogP contribution in [-0.2, 0) is 20.6 Å². The van der Waals surface area contributed by atoms with E-state index in [1.807, 2.05) is 12.1 Å². The van der Waals surface area contributed by atoms with Crippen LogP contribution in [0.25, 0.3) is 0 Å². The predicted octanol–water partition coefficient (Wildman–Crippen LogP) is 3.00. The fraction of sp³-hybridized carbons (Fsp3) is 0.429. The van der Waals surface area contributed by atoms with Crippen molar-refractivity contribution in [1.82, 2.24) is 24.5 Å². The average Bonchev–Trinajstić information content (AvgIpc) is 3.10. The van der Waals surface area contributed by atoms with Gasteiger partial charge in [0.1, 0.15) is 16.6 Å². The Bertz CT molecular complexity index is 1080. The Kier molecular flexibility index (Phi) is 7.17. The van der Waals surface area contributed by atoms with Crippen molar-refractivity contribution in [2.24, 2.45) is 20.0 Å². The number of hydrogen-bond acceptors (Lipinski definition) is 7. The molecule has 0 aliphatic carbocycles. The summed E-state index contributed by atoms with van der Waals surface area (Å²) in [6.07, 6.45) is 3.37. The van der Waals surface area contributed by atoms with E-state index in [-0.39, 0.29) is 17.4 Å².